The first kappa shape index (κ1) is 14.6. The first-order chi connectivity index (χ1) is 10.6. The van der Waals surface area contributed by atoms with Crippen molar-refractivity contribution in [2.24, 2.45) is 5.92 Å². The number of aryl methyl sites for hydroxylation is 2. The Balaban J connectivity index is 1.83. The molecule has 1 unspecified atom stereocenters. The molecular formula is C18H21N3O. The minimum absolute atomic E-state index is 0.0617. The van der Waals surface area contributed by atoms with Gasteiger partial charge < -0.3 is 5.32 Å². The summed E-state index contributed by atoms with van der Waals surface area (Å²) < 4.78 is 1.80. The van der Waals surface area contributed by atoms with Crippen molar-refractivity contribution in [2.45, 2.75) is 33.1 Å². The predicted molar refractivity (Wildman–Crippen MR) is 88.1 cm³/mol. The lowest BCUT2D eigenvalue weighted by atomic mass is 9.94. The molecule has 22 heavy (non-hydrogen) atoms. The smallest absolute Gasteiger partial charge is 0.228 e. The number of nitrogens with one attached hydrogen (secondary N) is 1. The normalized spacial score (nSPS) is 17.5. The van der Waals surface area contributed by atoms with Crippen molar-refractivity contribution >= 4 is 11.7 Å². The Morgan fingerprint density at radius 3 is 2.68 bits per heavy atom. The first-order valence-corrected chi connectivity index (χ1v) is 7.73. The highest BCUT2D eigenvalue weighted by Crippen LogP contribution is 2.22. The van der Waals surface area contributed by atoms with Crippen LogP contribution in [0.15, 0.2) is 42.5 Å². The van der Waals surface area contributed by atoms with Crippen molar-refractivity contribution in [2.75, 3.05) is 5.32 Å². The lowest BCUT2D eigenvalue weighted by Gasteiger charge is -2.17. The van der Waals surface area contributed by atoms with Crippen molar-refractivity contribution in [1.82, 2.24) is 9.78 Å². The summed E-state index contributed by atoms with van der Waals surface area (Å²) in [6.45, 7) is 3.99. The van der Waals surface area contributed by atoms with E-state index < -0.39 is 0 Å². The molecule has 0 bridgehead atoms. The van der Waals surface area contributed by atoms with Gasteiger partial charge in [0.2, 0.25) is 5.91 Å². The Morgan fingerprint density at radius 1 is 1.23 bits per heavy atom. The van der Waals surface area contributed by atoms with E-state index in [0.717, 1.165) is 36.5 Å². The van der Waals surface area contributed by atoms with E-state index in [9.17, 15) is 4.79 Å². The Labute approximate surface area is 130 Å². The van der Waals surface area contributed by atoms with Crippen molar-refractivity contribution in [3.63, 3.8) is 0 Å². The molecule has 1 N–H and O–H groups in total. The molecule has 1 heterocycles. The molecule has 114 valence electrons. The van der Waals surface area contributed by atoms with Crippen LogP contribution in [0.5, 0.6) is 0 Å². The number of carbonyl (C=O) groups excluding carboxylic acids is 1. The maximum Gasteiger partial charge on any atom is 0.228 e. The van der Waals surface area contributed by atoms with Gasteiger partial charge in [0.15, 0.2) is 0 Å². The Hall–Kier alpha value is -2.36. The van der Waals surface area contributed by atoms with Crippen LogP contribution in [0.4, 0.5) is 5.82 Å². The van der Waals surface area contributed by atoms with Crippen LogP contribution in [0.2, 0.25) is 0 Å². The zero-order valence-corrected chi connectivity index (χ0v) is 13.0. The minimum Gasteiger partial charge on any atom is -0.310 e. The van der Waals surface area contributed by atoms with Gasteiger partial charge in [-0.2, -0.15) is 5.10 Å². The second-order valence-corrected chi connectivity index (χ2v) is 5.89. The van der Waals surface area contributed by atoms with Gasteiger partial charge in [0.05, 0.1) is 11.4 Å². The van der Waals surface area contributed by atoms with Crippen molar-refractivity contribution in [3.8, 4) is 5.69 Å². The molecule has 0 radical (unpaired) electrons. The van der Waals surface area contributed by atoms with Crippen LogP contribution in [0.3, 0.4) is 0 Å². The van der Waals surface area contributed by atoms with E-state index in [1.807, 2.05) is 37.3 Å². The van der Waals surface area contributed by atoms with Gasteiger partial charge in [-0.15, -0.1) is 0 Å². The Bertz CT molecular complexity index is 698. The molecular weight excluding hydrogens is 274 g/mol. The quantitative estimate of drug-likeness (QED) is 0.876. The third-order valence-corrected chi connectivity index (χ3v) is 4.00. The summed E-state index contributed by atoms with van der Waals surface area (Å²) in [5, 5.41) is 7.54. The molecule has 1 atom stereocenters. The topological polar surface area (TPSA) is 46.9 Å². The fourth-order valence-electron chi connectivity index (χ4n) is 2.73. The number of anilines is 1. The molecule has 4 nitrogen and oxygen atoms in total. The fraction of sp³-hybridized carbons (Fsp3) is 0.333. The summed E-state index contributed by atoms with van der Waals surface area (Å²) >= 11 is 0. The molecule has 4 heteroatoms. The number of allylic oxidation sites excluding steroid dienone is 2. The molecule has 0 saturated carbocycles. The summed E-state index contributed by atoms with van der Waals surface area (Å²) in [7, 11) is 0. The van der Waals surface area contributed by atoms with Crippen LogP contribution in [-0.4, -0.2) is 15.7 Å². The van der Waals surface area contributed by atoms with Gasteiger partial charge in [0.25, 0.3) is 0 Å². The zero-order chi connectivity index (χ0) is 15.5. The second-order valence-electron chi connectivity index (χ2n) is 5.89. The third kappa shape index (κ3) is 3.11. The van der Waals surface area contributed by atoms with Gasteiger partial charge in [-0.1, -0.05) is 29.8 Å². The largest absolute Gasteiger partial charge is 0.310 e. The number of benzene rings is 1. The molecule has 1 amide bonds. The molecule has 0 saturated heterocycles. The molecule has 1 aromatic carbocycles. The van der Waals surface area contributed by atoms with Crippen LogP contribution in [0, 0.1) is 19.8 Å². The highest BCUT2D eigenvalue weighted by atomic mass is 16.2. The zero-order valence-electron chi connectivity index (χ0n) is 13.0. The molecule has 0 fully saturated rings. The summed E-state index contributed by atoms with van der Waals surface area (Å²) in [6.07, 6.45) is 6.96. The van der Waals surface area contributed by atoms with E-state index in [4.69, 9.17) is 0 Å². The van der Waals surface area contributed by atoms with E-state index in [1.54, 1.807) is 4.68 Å². The lowest BCUT2D eigenvalue weighted by Crippen LogP contribution is -2.24. The number of hydrogen-bond acceptors (Lipinski definition) is 2. The molecule has 1 aromatic heterocycles. The van der Waals surface area contributed by atoms with E-state index in [1.165, 1.54) is 5.56 Å². The number of rotatable bonds is 3. The third-order valence-electron chi connectivity index (χ3n) is 4.00. The maximum atomic E-state index is 12.4. The Morgan fingerprint density at radius 2 is 2.00 bits per heavy atom. The first-order valence-electron chi connectivity index (χ1n) is 7.73. The summed E-state index contributed by atoms with van der Waals surface area (Å²) in [5.74, 6) is 0.880. The number of nitrogens with zero attached hydrogens (tertiary/aromatic N) is 2. The standard InChI is InChI=1S/C18H21N3O/c1-13-8-10-16(11-9-13)21-17(12-14(2)20-21)19-18(22)15-6-4-3-5-7-15/h3-4,8-12,15H,5-7H2,1-2H3,(H,19,22). The van der Waals surface area contributed by atoms with E-state index >= 15 is 0 Å². The maximum absolute atomic E-state index is 12.4. The van der Waals surface area contributed by atoms with Gasteiger partial charge in [-0.05, 0) is 45.2 Å². The van der Waals surface area contributed by atoms with Crippen LogP contribution in [0.1, 0.15) is 30.5 Å². The molecule has 1 aliphatic carbocycles. The van der Waals surface area contributed by atoms with E-state index in [0.29, 0.717) is 0 Å². The fourth-order valence-corrected chi connectivity index (χ4v) is 2.73. The van der Waals surface area contributed by atoms with Gasteiger partial charge in [-0.25, -0.2) is 4.68 Å². The number of carbonyl (C=O) groups is 1. The predicted octanol–water partition coefficient (Wildman–Crippen LogP) is 3.78. The molecule has 0 spiro atoms. The van der Waals surface area contributed by atoms with Gasteiger partial charge in [0.1, 0.15) is 5.82 Å². The van der Waals surface area contributed by atoms with Crippen molar-refractivity contribution in [1.29, 1.82) is 0 Å². The highest BCUT2D eigenvalue weighted by Gasteiger charge is 2.20. The van der Waals surface area contributed by atoms with Crippen LogP contribution < -0.4 is 5.32 Å². The summed E-state index contributed by atoms with van der Waals surface area (Å²) in [6, 6.07) is 10.0. The van der Waals surface area contributed by atoms with E-state index in [2.05, 4.69) is 29.5 Å². The molecule has 0 aliphatic heterocycles. The SMILES string of the molecule is Cc1ccc(-n2nc(C)cc2NC(=O)C2CC=CCC2)cc1. The Kier molecular flexibility index (Phi) is 4.09. The molecule has 3 rings (SSSR count). The van der Waals surface area contributed by atoms with Crippen LogP contribution in [0.25, 0.3) is 5.69 Å². The van der Waals surface area contributed by atoms with E-state index in [-0.39, 0.29) is 11.8 Å². The van der Waals surface area contributed by atoms with Crippen molar-refractivity contribution < 1.29 is 4.79 Å². The number of hydrogen-bond donors (Lipinski definition) is 1. The van der Waals surface area contributed by atoms with Gasteiger partial charge >= 0.3 is 0 Å². The number of aromatic nitrogens is 2. The average Bonchev–Trinajstić information content (AvgIpc) is 2.89. The lowest BCUT2D eigenvalue weighted by molar-refractivity contribution is -0.120. The number of amides is 1. The minimum atomic E-state index is 0.0617. The highest BCUT2D eigenvalue weighted by molar-refractivity contribution is 5.92. The molecule has 1 aliphatic rings. The van der Waals surface area contributed by atoms with Crippen molar-refractivity contribution in [3.05, 3.63) is 53.7 Å². The van der Waals surface area contributed by atoms with Crippen LogP contribution in [-0.2, 0) is 4.79 Å². The second kappa shape index (κ2) is 6.18. The monoisotopic (exact) mass is 295 g/mol. The summed E-state index contributed by atoms with van der Waals surface area (Å²) in [4.78, 5) is 12.4. The van der Waals surface area contributed by atoms with Gasteiger partial charge in [0, 0.05) is 12.0 Å². The average molecular weight is 295 g/mol. The molecule has 2 aromatic rings. The van der Waals surface area contributed by atoms with Crippen LogP contribution >= 0.6 is 0 Å². The summed E-state index contributed by atoms with van der Waals surface area (Å²) in [5.41, 5.74) is 3.05. The van der Waals surface area contributed by atoms with Gasteiger partial charge in [-0.3, -0.25) is 4.79 Å².